The van der Waals surface area contributed by atoms with Crippen molar-refractivity contribution in [3.8, 4) is 0 Å². The predicted octanol–water partition coefficient (Wildman–Crippen LogP) is 4.68. The molecule has 18 heavy (non-hydrogen) atoms. The number of hydrogen-bond acceptors (Lipinski definition) is 1. The Morgan fingerprint density at radius 2 is 1.94 bits per heavy atom. The fourth-order valence-corrected chi connectivity index (χ4v) is 3.56. The van der Waals surface area contributed by atoms with Crippen LogP contribution >= 0.6 is 0 Å². The van der Waals surface area contributed by atoms with Gasteiger partial charge in [-0.3, -0.25) is 0 Å². The highest BCUT2D eigenvalue weighted by molar-refractivity contribution is 5.05. The summed E-state index contributed by atoms with van der Waals surface area (Å²) in [5.41, 5.74) is 1.71. The van der Waals surface area contributed by atoms with Gasteiger partial charge >= 0.3 is 0 Å². The minimum Gasteiger partial charge on any atom is -0.314 e. The van der Waals surface area contributed by atoms with Gasteiger partial charge in [0.2, 0.25) is 0 Å². The number of allylic oxidation sites excluding steroid dienone is 1. The maximum Gasteiger partial charge on any atom is 0.00673 e. The first-order valence-corrected chi connectivity index (χ1v) is 8.17. The van der Waals surface area contributed by atoms with E-state index < -0.39 is 0 Å². The Morgan fingerprint density at radius 1 is 1.17 bits per heavy atom. The van der Waals surface area contributed by atoms with Gasteiger partial charge in [-0.2, -0.15) is 0 Å². The average Bonchev–Trinajstić information content (AvgIpc) is 2.40. The van der Waals surface area contributed by atoms with Crippen LogP contribution in [0.25, 0.3) is 0 Å². The van der Waals surface area contributed by atoms with Crippen LogP contribution in [0.4, 0.5) is 0 Å². The highest BCUT2D eigenvalue weighted by atomic mass is 14.9. The van der Waals surface area contributed by atoms with Crippen LogP contribution in [-0.2, 0) is 0 Å². The molecule has 0 aromatic carbocycles. The fraction of sp³-hybridized carbons (Fsp3) is 0.882. The van der Waals surface area contributed by atoms with Gasteiger partial charge < -0.3 is 5.32 Å². The van der Waals surface area contributed by atoms with Crippen molar-refractivity contribution in [3.05, 3.63) is 11.6 Å². The largest absolute Gasteiger partial charge is 0.314 e. The molecule has 0 aromatic heterocycles. The van der Waals surface area contributed by atoms with E-state index in [0.29, 0.717) is 0 Å². The highest BCUT2D eigenvalue weighted by Gasteiger charge is 2.22. The number of nitrogens with one attached hydrogen (secondary N) is 1. The van der Waals surface area contributed by atoms with Crippen molar-refractivity contribution in [3.63, 3.8) is 0 Å². The first-order valence-electron chi connectivity index (χ1n) is 8.17. The van der Waals surface area contributed by atoms with Crippen LogP contribution < -0.4 is 5.32 Å². The van der Waals surface area contributed by atoms with Crippen molar-refractivity contribution in [1.82, 2.24) is 5.32 Å². The molecule has 1 nitrogen and oxygen atoms in total. The lowest BCUT2D eigenvalue weighted by molar-refractivity contribution is 0.239. The van der Waals surface area contributed by atoms with Gasteiger partial charge in [0, 0.05) is 6.04 Å². The molecule has 1 saturated carbocycles. The van der Waals surface area contributed by atoms with E-state index in [-0.39, 0.29) is 0 Å². The molecule has 1 heteroatoms. The topological polar surface area (TPSA) is 12.0 Å². The minimum absolute atomic E-state index is 0.809. The zero-order valence-electron chi connectivity index (χ0n) is 12.4. The van der Waals surface area contributed by atoms with Crippen LogP contribution in [-0.4, -0.2) is 12.6 Å². The molecule has 2 aliphatic carbocycles. The molecule has 0 unspecified atom stereocenters. The third-order valence-electron chi connectivity index (χ3n) is 4.98. The molecule has 104 valence electrons. The second-order valence-electron chi connectivity index (χ2n) is 6.67. The van der Waals surface area contributed by atoms with Gasteiger partial charge in [-0.05, 0) is 76.2 Å². The van der Waals surface area contributed by atoms with Gasteiger partial charge in [0.25, 0.3) is 0 Å². The summed E-state index contributed by atoms with van der Waals surface area (Å²) < 4.78 is 0. The van der Waals surface area contributed by atoms with E-state index in [1.165, 1.54) is 64.3 Å². The lowest BCUT2D eigenvalue weighted by atomic mass is 9.79. The molecule has 0 aliphatic heterocycles. The third-order valence-corrected chi connectivity index (χ3v) is 4.98. The van der Waals surface area contributed by atoms with Crippen LogP contribution in [0.2, 0.25) is 0 Å². The van der Waals surface area contributed by atoms with Gasteiger partial charge in [-0.1, -0.05) is 25.5 Å². The molecule has 0 heterocycles. The van der Waals surface area contributed by atoms with Crippen LogP contribution in [0.1, 0.15) is 71.6 Å². The normalized spacial score (nSPS) is 29.4. The van der Waals surface area contributed by atoms with E-state index >= 15 is 0 Å². The van der Waals surface area contributed by atoms with Gasteiger partial charge in [0.15, 0.2) is 0 Å². The summed E-state index contributed by atoms with van der Waals surface area (Å²) in [6.07, 6.45) is 15.0. The SMILES string of the molecule is CC(C)C1CCC(NCCC2=CCCCC2)CC1. The molecule has 2 aliphatic rings. The monoisotopic (exact) mass is 249 g/mol. The maximum absolute atomic E-state index is 3.79. The molecule has 1 N–H and O–H groups in total. The van der Waals surface area contributed by atoms with E-state index in [9.17, 15) is 0 Å². The second kappa shape index (κ2) is 7.33. The molecule has 0 amide bonds. The standard InChI is InChI=1S/C17H31N/c1-14(2)16-8-10-17(11-9-16)18-13-12-15-6-4-3-5-7-15/h6,14,16-18H,3-5,7-13H2,1-2H3. The number of hydrogen-bond donors (Lipinski definition) is 1. The summed E-state index contributed by atoms with van der Waals surface area (Å²) in [6, 6.07) is 0.809. The Bertz CT molecular complexity index is 259. The predicted molar refractivity (Wildman–Crippen MR) is 79.8 cm³/mol. The van der Waals surface area contributed by atoms with Gasteiger partial charge in [0.1, 0.15) is 0 Å². The van der Waals surface area contributed by atoms with E-state index in [2.05, 4.69) is 25.2 Å². The Hall–Kier alpha value is -0.300. The summed E-state index contributed by atoms with van der Waals surface area (Å²) in [7, 11) is 0. The van der Waals surface area contributed by atoms with Gasteiger partial charge in [-0.15, -0.1) is 0 Å². The molecule has 0 aromatic rings. The molecule has 0 radical (unpaired) electrons. The summed E-state index contributed by atoms with van der Waals surface area (Å²) in [4.78, 5) is 0. The smallest absolute Gasteiger partial charge is 0.00673 e. The van der Waals surface area contributed by atoms with E-state index in [0.717, 1.165) is 17.9 Å². The fourth-order valence-electron chi connectivity index (χ4n) is 3.56. The molecule has 0 saturated heterocycles. The van der Waals surface area contributed by atoms with Crippen LogP contribution in [0.15, 0.2) is 11.6 Å². The van der Waals surface area contributed by atoms with Crippen molar-refractivity contribution in [2.45, 2.75) is 77.7 Å². The first kappa shape index (κ1) is 14.1. The Labute approximate surface area is 113 Å². The van der Waals surface area contributed by atoms with Crippen LogP contribution in [0, 0.1) is 11.8 Å². The van der Waals surface area contributed by atoms with Gasteiger partial charge in [-0.25, -0.2) is 0 Å². The average molecular weight is 249 g/mol. The first-order chi connectivity index (χ1) is 8.75. The van der Waals surface area contributed by atoms with Crippen LogP contribution in [0.5, 0.6) is 0 Å². The quantitative estimate of drug-likeness (QED) is 0.698. The van der Waals surface area contributed by atoms with E-state index in [1.807, 2.05) is 0 Å². The molecule has 0 atom stereocenters. The summed E-state index contributed by atoms with van der Waals surface area (Å²) >= 11 is 0. The van der Waals surface area contributed by atoms with Crippen molar-refractivity contribution >= 4 is 0 Å². The van der Waals surface area contributed by atoms with Crippen LogP contribution in [0.3, 0.4) is 0 Å². The lowest BCUT2D eigenvalue weighted by Gasteiger charge is -2.31. The summed E-state index contributed by atoms with van der Waals surface area (Å²) in [6.45, 7) is 5.98. The Kier molecular flexibility index (Phi) is 5.75. The Balaban J connectivity index is 1.59. The molecular formula is C17H31N. The highest BCUT2D eigenvalue weighted by Crippen LogP contribution is 2.30. The second-order valence-corrected chi connectivity index (χ2v) is 6.67. The van der Waals surface area contributed by atoms with E-state index in [1.54, 1.807) is 5.57 Å². The third kappa shape index (κ3) is 4.42. The van der Waals surface area contributed by atoms with Crippen molar-refractivity contribution in [2.24, 2.45) is 11.8 Å². The Morgan fingerprint density at radius 3 is 2.56 bits per heavy atom. The molecule has 1 fully saturated rings. The molecular weight excluding hydrogens is 218 g/mol. The molecule has 0 bridgehead atoms. The molecule has 2 rings (SSSR count). The lowest BCUT2D eigenvalue weighted by Crippen LogP contribution is -2.34. The number of rotatable bonds is 5. The zero-order chi connectivity index (χ0) is 12.8. The molecule has 0 spiro atoms. The summed E-state index contributed by atoms with van der Waals surface area (Å²) in [5, 5.41) is 3.79. The van der Waals surface area contributed by atoms with E-state index in [4.69, 9.17) is 0 Å². The maximum atomic E-state index is 3.79. The minimum atomic E-state index is 0.809. The van der Waals surface area contributed by atoms with Crippen molar-refractivity contribution in [1.29, 1.82) is 0 Å². The van der Waals surface area contributed by atoms with Gasteiger partial charge in [0.05, 0.1) is 0 Å². The summed E-state index contributed by atoms with van der Waals surface area (Å²) in [5.74, 6) is 1.88. The zero-order valence-corrected chi connectivity index (χ0v) is 12.4. The van der Waals surface area contributed by atoms with Crippen molar-refractivity contribution < 1.29 is 0 Å². The van der Waals surface area contributed by atoms with Crippen molar-refractivity contribution in [2.75, 3.05) is 6.54 Å².